The van der Waals surface area contributed by atoms with Crippen molar-refractivity contribution in [3.8, 4) is 11.5 Å². The molecule has 1 heterocycles. The molecule has 2 rings (SSSR count). The zero-order valence-corrected chi connectivity index (χ0v) is 17.9. The van der Waals surface area contributed by atoms with Crippen molar-refractivity contribution >= 4 is 35.6 Å². The largest absolute Gasteiger partial charge is 0.493 e. The first-order valence-electron chi connectivity index (χ1n) is 8.31. The van der Waals surface area contributed by atoms with Gasteiger partial charge in [-0.25, -0.2) is 0 Å². The molecule has 2 N–H and O–H groups in total. The fourth-order valence-electron chi connectivity index (χ4n) is 2.17. The van der Waals surface area contributed by atoms with E-state index in [1.54, 1.807) is 14.0 Å². The van der Waals surface area contributed by atoms with Gasteiger partial charge in [-0.1, -0.05) is 5.16 Å². The van der Waals surface area contributed by atoms with Gasteiger partial charge < -0.3 is 24.6 Å². The van der Waals surface area contributed by atoms with Crippen LogP contribution in [0.2, 0.25) is 0 Å². The number of nitrogens with zero attached hydrogens (tertiary/aromatic N) is 3. The van der Waals surface area contributed by atoms with E-state index in [2.05, 4.69) is 25.8 Å². The van der Waals surface area contributed by atoms with Gasteiger partial charge in [-0.05, 0) is 32.9 Å². The third kappa shape index (κ3) is 6.70. The Morgan fingerprint density at radius 2 is 2.08 bits per heavy atom. The van der Waals surface area contributed by atoms with Gasteiger partial charge in [0.25, 0.3) is 0 Å². The maximum Gasteiger partial charge on any atom is 0.228 e. The number of ether oxygens (including phenoxy) is 2. The molecule has 1 aromatic heterocycles. The summed E-state index contributed by atoms with van der Waals surface area (Å²) in [5.41, 5.74) is 0.855. The Morgan fingerprint density at radius 1 is 1.27 bits per heavy atom. The van der Waals surface area contributed by atoms with Gasteiger partial charge in [0.2, 0.25) is 5.89 Å². The van der Waals surface area contributed by atoms with Crippen molar-refractivity contribution in [3.63, 3.8) is 0 Å². The molecular formula is C17H26IN5O3. The Bertz CT molecular complexity index is 705. The molecule has 0 fully saturated rings. The van der Waals surface area contributed by atoms with E-state index in [4.69, 9.17) is 14.0 Å². The highest BCUT2D eigenvalue weighted by molar-refractivity contribution is 14.0. The summed E-state index contributed by atoms with van der Waals surface area (Å²) in [5, 5.41) is 10.2. The van der Waals surface area contributed by atoms with Crippen molar-refractivity contribution in [2.24, 2.45) is 4.99 Å². The molecule has 1 aromatic carbocycles. The van der Waals surface area contributed by atoms with E-state index in [1.165, 1.54) is 0 Å². The predicted molar refractivity (Wildman–Crippen MR) is 112 cm³/mol. The van der Waals surface area contributed by atoms with Crippen LogP contribution in [0.5, 0.6) is 11.5 Å². The molecule has 0 aliphatic carbocycles. The van der Waals surface area contributed by atoms with E-state index >= 15 is 0 Å². The lowest BCUT2D eigenvalue weighted by Gasteiger charge is -2.14. The number of benzene rings is 1. The highest BCUT2D eigenvalue weighted by Gasteiger charge is 2.07. The summed E-state index contributed by atoms with van der Waals surface area (Å²) >= 11 is 0. The molecule has 0 aliphatic rings. The monoisotopic (exact) mass is 475 g/mol. The van der Waals surface area contributed by atoms with Crippen molar-refractivity contribution in [3.05, 3.63) is 29.9 Å². The molecule has 0 saturated carbocycles. The van der Waals surface area contributed by atoms with Crippen LogP contribution in [0.3, 0.4) is 0 Å². The number of rotatable bonds is 8. The number of aromatic nitrogens is 2. The lowest BCUT2D eigenvalue weighted by Crippen LogP contribution is -2.30. The number of methoxy groups -OCH3 is 1. The average molecular weight is 475 g/mol. The topological polar surface area (TPSA) is 93.8 Å². The minimum atomic E-state index is 0. The predicted octanol–water partition coefficient (Wildman–Crippen LogP) is 3.02. The summed E-state index contributed by atoms with van der Waals surface area (Å²) < 4.78 is 16.0. The quantitative estimate of drug-likeness (QED) is 0.345. The average Bonchev–Trinajstić information content (AvgIpc) is 3.02. The van der Waals surface area contributed by atoms with Crippen molar-refractivity contribution < 1.29 is 14.0 Å². The molecular weight excluding hydrogens is 449 g/mol. The molecule has 9 heteroatoms. The van der Waals surface area contributed by atoms with Gasteiger partial charge in [0, 0.05) is 24.7 Å². The van der Waals surface area contributed by atoms with Crippen LogP contribution >= 0.6 is 24.0 Å². The zero-order chi connectivity index (χ0) is 18.1. The van der Waals surface area contributed by atoms with Gasteiger partial charge in [0.1, 0.15) is 0 Å². The van der Waals surface area contributed by atoms with E-state index in [0.717, 1.165) is 12.2 Å². The number of halogens is 1. The van der Waals surface area contributed by atoms with Crippen LogP contribution in [0.15, 0.2) is 27.7 Å². The summed E-state index contributed by atoms with van der Waals surface area (Å²) in [6.45, 7) is 7.61. The van der Waals surface area contributed by atoms with Gasteiger partial charge in [0.15, 0.2) is 23.3 Å². The van der Waals surface area contributed by atoms with Gasteiger partial charge in [-0.2, -0.15) is 4.98 Å². The molecule has 144 valence electrons. The first-order chi connectivity index (χ1) is 12.2. The number of hydrogen-bond donors (Lipinski definition) is 2. The van der Waals surface area contributed by atoms with E-state index in [0.29, 0.717) is 48.7 Å². The first kappa shape index (κ1) is 22.0. The van der Waals surface area contributed by atoms with Crippen LogP contribution in [-0.2, 0) is 6.42 Å². The first-order valence-corrected chi connectivity index (χ1v) is 8.31. The lowest BCUT2D eigenvalue weighted by molar-refractivity contribution is 0.311. The van der Waals surface area contributed by atoms with Crippen molar-refractivity contribution in [1.29, 1.82) is 0 Å². The smallest absolute Gasteiger partial charge is 0.228 e. The summed E-state index contributed by atoms with van der Waals surface area (Å²) in [5.74, 6) is 3.27. The second-order valence-electron chi connectivity index (χ2n) is 5.17. The Labute approximate surface area is 170 Å². The minimum absolute atomic E-state index is 0. The minimum Gasteiger partial charge on any atom is -0.493 e. The maximum atomic E-state index is 5.53. The lowest BCUT2D eigenvalue weighted by atomic mass is 10.2. The summed E-state index contributed by atoms with van der Waals surface area (Å²) in [7, 11) is 1.62. The van der Waals surface area contributed by atoms with Gasteiger partial charge in [-0.15, -0.1) is 24.0 Å². The standard InChI is InChI=1S/C17H25N5O3.HI/c1-5-18-17(19-10-9-16-20-12(3)22-25-16)21-13-7-8-14(24-6-2)15(11-13)23-4;/h7-8,11H,5-6,9-10H2,1-4H3,(H2,18,19,21);1H. The maximum absolute atomic E-state index is 5.53. The molecule has 0 spiro atoms. The van der Waals surface area contributed by atoms with Crippen LogP contribution in [0.1, 0.15) is 25.6 Å². The number of hydrogen-bond acceptors (Lipinski definition) is 6. The fraction of sp³-hybridized carbons (Fsp3) is 0.471. The van der Waals surface area contributed by atoms with E-state index < -0.39 is 0 Å². The van der Waals surface area contributed by atoms with Gasteiger partial charge >= 0.3 is 0 Å². The van der Waals surface area contributed by atoms with Crippen LogP contribution in [0, 0.1) is 6.92 Å². The molecule has 0 bridgehead atoms. The second kappa shape index (κ2) is 11.6. The summed E-state index contributed by atoms with van der Waals surface area (Å²) in [4.78, 5) is 8.69. The van der Waals surface area contributed by atoms with Crippen molar-refractivity contribution in [2.45, 2.75) is 27.2 Å². The number of aryl methyl sites for hydroxylation is 1. The Balaban J connectivity index is 0.00000338. The molecule has 0 atom stereocenters. The molecule has 8 nitrogen and oxygen atoms in total. The van der Waals surface area contributed by atoms with E-state index in [-0.39, 0.29) is 24.0 Å². The van der Waals surface area contributed by atoms with Crippen LogP contribution < -0.4 is 20.1 Å². The molecule has 0 unspecified atom stereocenters. The normalized spacial score (nSPS) is 10.8. The molecule has 0 aliphatic heterocycles. The van der Waals surface area contributed by atoms with Gasteiger partial charge in [-0.3, -0.25) is 4.99 Å². The van der Waals surface area contributed by atoms with Crippen molar-refractivity contribution in [2.75, 3.05) is 32.1 Å². The Morgan fingerprint density at radius 3 is 2.69 bits per heavy atom. The number of guanidine groups is 1. The van der Waals surface area contributed by atoms with E-state index in [1.807, 2.05) is 32.0 Å². The van der Waals surface area contributed by atoms with Crippen LogP contribution in [0.4, 0.5) is 5.69 Å². The summed E-state index contributed by atoms with van der Waals surface area (Å²) in [6.07, 6.45) is 0.587. The Hall–Kier alpha value is -2.04. The van der Waals surface area contributed by atoms with Crippen molar-refractivity contribution in [1.82, 2.24) is 15.5 Å². The molecule has 0 saturated heterocycles. The molecule has 0 radical (unpaired) electrons. The van der Waals surface area contributed by atoms with E-state index in [9.17, 15) is 0 Å². The fourth-order valence-corrected chi connectivity index (χ4v) is 2.17. The molecule has 0 amide bonds. The van der Waals surface area contributed by atoms with Crippen LogP contribution in [0.25, 0.3) is 0 Å². The van der Waals surface area contributed by atoms with Gasteiger partial charge in [0.05, 0.1) is 20.3 Å². The third-order valence-corrected chi connectivity index (χ3v) is 3.24. The highest BCUT2D eigenvalue weighted by atomic mass is 127. The molecule has 2 aromatic rings. The third-order valence-electron chi connectivity index (χ3n) is 3.24. The highest BCUT2D eigenvalue weighted by Crippen LogP contribution is 2.30. The number of aliphatic imine (C=N–C) groups is 1. The SMILES string of the molecule is CCNC(=NCCc1nc(C)no1)Nc1ccc(OCC)c(OC)c1.I. The molecule has 26 heavy (non-hydrogen) atoms. The summed E-state index contributed by atoms with van der Waals surface area (Å²) in [6, 6.07) is 5.66. The zero-order valence-electron chi connectivity index (χ0n) is 15.5. The van der Waals surface area contributed by atoms with Crippen LogP contribution in [-0.4, -0.2) is 42.9 Å². The number of nitrogens with one attached hydrogen (secondary N) is 2. The second-order valence-corrected chi connectivity index (χ2v) is 5.17. The number of anilines is 1. The Kier molecular flexibility index (Phi) is 9.78.